The molecule has 0 saturated carbocycles. The van der Waals surface area contributed by atoms with Crippen LogP contribution in [0.3, 0.4) is 0 Å². The molecule has 1 atom stereocenters. The average molecular weight is 273 g/mol. The summed E-state index contributed by atoms with van der Waals surface area (Å²) in [5, 5.41) is 3.62. The predicted octanol–water partition coefficient (Wildman–Crippen LogP) is 3.22. The Morgan fingerprint density at radius 2 is 1.85 bits per heavy atom. The molecule has 1 aromatic carbocycles. The summed E-state index contributed by atoms with van der Waals surface area (Å²) in [7, 11) is -0.183. The monoisotopic (exact) mass is 273 g/mol. The number of para-hydroxylation sites is 1. The number of hydrogen-bond donors (Lipinski definition) is 1. The van der Waals surface area contributed by atoms with Crippen LogP contribution in [0.5, 0.6) is 0 Å². The second-order valence-corrected chi connectivity index (χ2v) is 6.88. The molecule has 3 rings (SSSR count). The molecular formula is C16H24BNO2. The zero-order chi connectivity index (χ0) is 14.5. The molecule has 2 aliphatic heterocycles. The first-order chi connectivity index (χ1) is 9.34. The van der Waals surface area contributed by atoms with Gasteiger partial charge in [0.2, 0.25) is 0 Å². The predicted molar refractivity (Wildman–Crippen MR) is 83.0 cm³/mol. The lowest BCUT2D eigenvalue weighted by molar-refractivity contribution is 0.00578. The Bertz CT molecular complexity index is 511. The van der Waals surface area contributed by atoms with Gasteiger partial charge in [0.05, 0.1) is 17.1 Å². The molecule has 0 radical (unpaired) electrons. The van der Waals surface area contributed by atoms with E-state index in [4.69, 9.17) is 9.31 Å². The van der Waals surface area contributed by atoms with Crippen molar-refractivity contribution in [3.8, 4) is 0 Å². The van der Waals surface area contributed by atoms with E-state index in [0.717, 1.165) is 12.8 Å². The first kappa shape index (κ1) is 14.0. The third-order valence-electron chi connectivity index (χ3n) is 4.99. The lowest BCUT2D eigenvalue weighted by atomic mass is 9.77. The molecule has 1 N–H and O–H groups in total. The fraction of sp³-hybridized carbons (Fsp3) is 0.625. The summed E-state index contributed by atoms with van der Waals surface area (Å²) < 4.78 is 12.3. The Balaban J connectivity index is 1.80. The molecule has 2 heterocycles. The van der Waals surface area contributed by atoms with Gasteiger partial charge in [-0.2, -0.15) is 0 Å². The minimum Gasteiger partial charge on any atom is -0.402 e. The van der Waals surface area contributed by atoms with Crippen LogP contribution in [0.1, 0.15) is 45.7 Å². The largest absolute Gasteiger partial charge is 0.482 e. The maximum absolute atomic E-state index is 6.17. The summed E-state index contributed by atoms with van der Waals surface area (Å²) >= 11 is 0. The number of anilines is 1. The van der Waals surface area contributed by atoms with Crippen molar-refractivity contribution in [2.24, 2.45) is 0 Å². The van der Waals surface area contributed by atoms with E-state index in [2.05, 4.69) is 58.1 Å². The van der Waals surface area contributed by atoms with Gasteiger partial charge < -0.3 is 14.6 Å². The molecule has 0 amide bonds. The van der Waals surface area contributed by atoms with Gasteiger partial charge in [-0.05, 0) is 51.7 Å². The summed E-state index contributed by atoms with van der Waals surface area (Å²) in [6.45, 7) is 10.6. The number of hydrogen-bond acceptors (Lipinski definition) is 3. The molecule has 4 heteroatoms. The van der Waals surface area contributed by atoms with Crippen molar-refractivity contribution in [1.29, 1.82) is 0 Å². The van der Waals surface area contributed by atoms with Gasteiger partial charge >= 0.3 is 7.12 Å². The van der Waals surface area contributed by atoms with E-state index in [9.17, 15) is 0 Å². The molecule has 0 spiro atoms. The lowest BCUT2D eigenvalue weighted by Crippen LogP contribution is -2.41. The molecule has 0 bridgehead atoms. The Morgan fingerprint density at radius 3 is 2.45 bits per heavy atom. The van der Waals surface area contributed by atoms with E-state index in [1.165, 1.54) is 16.8 Å². The van der Waals surface area contributed by atoms with E-state index in [1.807, 2.05) is 0 Å². The van der Waals surface area contributed by atoms with Gasteiger partial charge in [-0.15, -0.1) is 0 Å². The van der Waals surface area contributed by atoms with E-state index >= 15 is 0 Å². The third kappa shape index (κ3) is 2.06. The SMILES string of the molecule is CCc1cccc2c1NC(B1OC(C)(C)C(C)(C)O1)C2. The molecule has 1 saturated heterocycles. The topological polar surface area (TPSA) is 30.5 Å². The number of benzene rings is 1. The molecule has 2 aliphatic rings. The molecule has 0 aromatic heterocycles. The molecular weight excluding hydrogens is 249 g/mol. The molecule has 1 fully saturated rings. The van der Waals surface area contributed by atoms with Crippen LogP contribution >= 0.6 is 0 Å². The molecule has 3 nitrogen and oxygen atoms in total. The van der Waals surface area contributed by atoms with Gasteiger partial charge in [0.25, 0.3) is 0 Å². The normalized spacial score (nSPS) is 26.4. The lowest BCUT2D eigenvalue weighted by Gasteiger charge is -2.32. The number of nitrogens with one attached hydrogen (secondary N) is 1. The summed E-state index contributed by atoms with van der Waals surface area (Å²) in [5.41, 5.74) is 3.52. The van der Waals surface area contributed by atoms with Crippen molar-refractivity contribution in [3.63, 3.8) is 0 Å². The van der Waals surface area contributed by atoms with Gasteiger partial charge in [0, 0.05) is 5.69 Å². The van der Waals surface area contributed by atoms with Crippen molar-refractivity contribution in [3.05, 3.63) is 29.3 Å². The van der Waals surface area contributed by atoms with Crippen LogP contribution in [0.25, 0.3) is 0 Å². The fourth-order valence-corrected chi connectivity index (χ4v) is 2.99. The second kappa shape index (κ2) is 4.50. The van der Waals surface area contributed by atoms with Crippen LogP contribution < -0.4 is 5.32 Å². The van der Waals surface area contributed by atoms with Crippen molar-refractivity contribution in [1.82, 2.24) is 0 Å². The van der Waals surface area contributed by atoms with Gasteiger partial charge in [-0.25, -0.2) is 0 Å². The summed E-state index contributed by atoms with van der Waals surface area (Å²) in [5.74, 6) is 0.207. The molecule has 0 aliphatic carbocycles. The van der Waals surface area contributed by atoms with Crippen molar-refractivity contribution < 1.29 is 9.31 Å². The highest BCUT2D eigenvalue weighted by atomic mass is 16.7. The minimum absolute atomic E-state index is 0.183. The quantitative estimate of drug-likeness (QED) is 0.839. The Labute approximate surface area is 122 Å². The van der Waals surface area contributed by atoms with Crippen molar-refractivity contribution >= 4 is 12.8 Å². The van der Waals surface area contributed by atoms with Crippen LogP contribution in [0.2, 0.25) is 0 Å². The Morgan fingerprint density at radius 1 is 1.20 bits per heavy atom. The highest BCUT2D eigenvalue weighted by Crippen LogP contribution is 2.40. The van der Waals surface area contributed by atoms with Crippen LogP contribution in [0.15, 0.2) is 18.2 Å². The van der Waals surface area contributed by atoms with Gasteiger partial charge in [-0.1, -0.05) is 25.1 Å². The third-order valence-corrected chi connectivity index (χ3v) is 4.99. The van der Waals surface area contributed by atoms with E-state index in [1.54, 1.807) is 0 Å². The standard InChI is InChI=1S/C16H24BNO2/c1-6-11-8-7-9-12-10-13(18-14(11)12)17-19-15(2,3)16(4,5)20-17/h7-9,13,18H,6,10H2,1-5H3. The number of aryl methyl sites for hydroxylation is 1. The molecule has 1 unspecified atom stereocenters. The Hall–Kier alpha value is -0.995. The van der Waals surface area contributed by atoms with Gasteiger partial charge in [-0.3, -0.25) is 0 Å². The minimum atomic E-state index is -0.262. The van der Waals surface area contributed by atoms with Crippen LogP contribution in [-0.2, 0) is 22.2 Å². The van der Waals surface area contributed by atoms with Gasteiger partial charge in [0.1, 0.15) is 0 Å². The van der Waals surface area contributed by atoms with E-state index in [0.29, 0.717) is 0 Å². The van der Waals surface area contributed by atoms with Crippen LogP contribution in [0, 0.1) is 0 Å². The van der Waals surface area contributed by atoms with Crippen LogP contribution in [-0.4, -0.2) is 24.3 Å². The first-order valence-electron chi connectivity index (χ1n) is 7.57. The first-order valence-corrected chi connectivity index (χ1v) is 7.57. The fourth-order valence-electron chi connectivity index (χ4n) is 2.99. The van der Waals surface area contributed by atoms with Crippen molar-refractivity contribution in [2.45, 2.75) is 64.6 Å². The highest BCUT2D eigenvalue weighted by molar-refractivity contribution is 6.48. The summed E-state index contributed by atoms with van der Waals surface area (Å²) in [4.78, 5) is 0. The van der Waals surface area contributed by atoms with Crippen LogP contribution in [0.4, 0.5) is 5.69 Å². The molecule has 108 valence electrons. The second-order valence-electron chi connectivity index (χ2n) is 6.88. The average Bonchev–Trinajstić information content (AvgIpc) is 2.88. The number of fused-ring (bicyclic) bond motifs is 1. The zero-order valence-electron chi connectivity index (χ0n) is 13.1. The maximum atomic E-state index is 6.17. The maximum Gasteiger partial charge on any atom is 0.482 e. The van der Waals surface area contributed by atoms with Crippen molar-refractivity contribution in [2.75, 3.05) is 5.32 Å². The zero-order valence-corrected chi connectivity index (χ0v) is 13.1. The highest BCUT2D eigenvalue weighted by Gasteiger charge is 2.54. The molecule has 20 heavy (non-hydrogen) atoms. The van der Waals surface area contributed by atoms with E-state index in [-0.39, 0.29) is 24.3 Å². The van der Waals surface area contributed by atoms with Gasteiger partial charge in [0.15, 0.2) is 0 Å². The summed E-state index contributed by atoms with van der Waals surface area (Å²) in [6.07, 6.45) is 2.02. The summed E-state index contributed by atoms with van der Waals surface area (Å²) in [6, 6.07) is 6.54. The number of rotatable bonds is 2. The smallest absolute Gasteiger partial charge is 0.402 e. The molecule has 1 aromatic rings. The van der Waals surface area contributed by atoms with E-state index < -0.39 is 0 Å². The Kier molecular flexibility index (Phi) is 3.14.